The van der Waals surface area contributed by atoms with Gasteiger partial charge in [0.05, 0.1) is 26.7 Å². The molecule has 0 bridgehead atoms. The third kappa shape index (κ3) is 5.69. The monoisotopic (exact) mass is 494 g/mol. The topological polar surface area (TPSA) is 78.1 Å². The second-order valence-corrected chi connectivity index (χ2v) is 8.81. The van der Waals surface area contributed by atoms with Gasteiger partial charge in [-0.1, -0.05) is 63.8 Å². The average Bonchev–Trinajstić information content (AvgIpc) is 2.88. The largest absolute Gasteiger partial charge is 0.507 e. The highest BCUT2D eigenvalue weighted by Gasteiger charge is 2.23. The Bertz CT molecular complexity index is 1300. The first-order valence-electron chi connectivity index (χ1n) is 12.7. The fourth-order valence-corrected chi connectivity index (χ4v) is 4.43. The molecular weight excluding hydrogens is 456 g/mol. The van der Waals surface area contributed by atoms with Gasteiger partial charge in [-0.3, -0.25) is 4.79 Å². The molecule has 0 atom stereocenters. The molecule has 0 spiro atoms. The van der Waals surface area contributed by atoms with Crippen molar-refractivity contribution in [1.82, 2.24) is 0 Å². The first kappa shape index (κ1) is 27.2. The highest BCUT2D eigenvalue weighted by atomic mass is 16.5. The van der Waals surface area contributed by atoms with E-state index in [1.807, 2.05) is 12.2 Å². The van der Waals surface area contributed by atoms with Crippen LogP contribution in [0.25, 0.3) is 21.9 Å². The lowest BCUT2D eigenvalue weighted by molar-refractivity contribution is 0.352. The Morgan fingerprint density at radius 3 is 1.89 bits per heavy atom. The van der Waals surface area contributed by atoms with Crippen LogP contribution in [0.4, 0.5) is 0 Å². The van der Waals surface area contributed by atoms with Gasteiger partial charge in [-0.05, 0) is 25.7 Å². The van der Waals surface area contributed by atoms with E-state index in [4.69, 9.17) is 18.6 Å². The fourth-order valence-electron chi connectivity index (χ4n) is 4.43. The molecule has 1 aromatic heterocycles. The molecule has 1 N–H and O–H groups in total. The number of phenolic OH excluding ortho intramolecular Hbond substituents is 1. The quantitative estimate of drug-likeness (QED) is 0.153. The van der Waals surface area contributed by atoms with Crippen LogP contribution in [0.5, 0.6) is 23.0 Å². The van der Waals surface area contributed by atoms with Crippen LogP contribution in [0.2, 0.25) is 0 Å². The van der Waals surface area contributed by atoms with Crippen LogP contribution in [0.3, 0.4) is 0 Å². The van der Waals surface area contributed by atoms with Gasteiger partial charge in [-0.15, -0.1) is 0 Å². The standard InChI is InChI=1S/C30H38O6/c1-6-8-10-12-14-16-20-22(33-3)18-24-27(28(20)31)29(32)26-21(17-15-13-11-9-7-2)30(35-5)25(34-4)19-23(26)36-24/h12-15,18-19,31H,6-11,16-17H2,1-5H3/b14-12+,15-13+. The Balaban J connectivity index is 2.25. The number of fused-ring (bicyclic) bond motifs is 2. The molecule has 194 valence electrons. The molecule has 0 unspecified atom stereocenters. The number of hydrogen-bond acceptors (Lipinski definition) is 6. The summed E-state index contributed by atoms with van der Waals surface area (Å²) in [5.41, 5.74) is 1.56. The molecule has 0 saturated carbocycles. The molecule has 2 aromatic carbocycles. The summed E-state index contributed by atoms with van der Waals surface area (Å²) in [6.07, 6.45) is 15.5. The minimum atomic E-state index is -0.305. The summed E-state index contributed by atoms with van der Waals surface area (Å²) in [4.78, 5) is 13.9. The third-order valence-electron chi connectivity index (χ3n) is 6.38. The van der Waals surface area contributed by atoms with Crippen LogP contribution in [0, 0.1) is 0 Å². The molecule has 0 radical (unpaired) electrons. The van der Waals surface area contributed by atoms with E-state index in [9.17, 15) is 9.90 Å². The van der Waals surface area contributed by atoms with Crippen LogP contribution in [-0.4, -0.2) is 26.4 Å². The Morgan fingerprint density at radius 1 is 0.778 bits per heavy atom. The first-order valence-corrected chi connectivity index (χ1v) is 12.7. The molecule has 0 fully saturated rings. The molecule has 6 heteroatoms. The zero-order chi connectivity index (χ0) is 26.1. The van der Waals surface area contributed by atoms with Crippen LogP contribution in [0.15, 0.2) is 45.6 Å². The van der Waals surface area contributed by atoms with E-state index >= 15 is 0 Å². The van der Waals surface area contributed by atoms with Crippen molar-refractivity contribution in [3.8, 4) is 23.0 Å². The minimum absolute atomic E-state index is 0.112. The summed E-state index contributed by atoms with van der Waals surface area (Å²) < 4.78 is 22.9. The molecule has 0 amide bonds. The van der Waals surface area contributed by atoms with Crippen molar-refractivity contribution in [3.63, 3.8) is 0 Å². The minimum Gasteiger partial charge on any atom is -0.507 e. The number of rotatable bonds is 13. The number of allylic oxidation sites excluding steroid dienone is 4. The van der Waals surface area contributed by atoms with Gasteiger partial charge in [0, 0.05) is 23.3 Å². The molecule has 0 aliphatic rings. The predicted octanol–water partition coefficient (Wildman–Crippen LogP) is 7.26. The van der Waals surface area contributed by atoms with Crippen LogP contribution in [0.1, 0.15) is 63.5 Å². The lowest BCUT2D eigenvalue weighted by Gasteiger charge is -2.16. The van der Waals surface area contributed by atoms with Crippen molar-refractivity contribution >= 4 is 21.9 Å². The summed E-state index contributed by atoms with van der Waals surface area (Å²) >= 11 is 0. The Kier molecular flexibility index (Phi) is 9.86. The van der Waals surface area contributed by atoms with Crippen molar-refractivity contribution in [2.45, 2.75) is 65.2 Å². The van der Waals surface area contributed by atoms with Crippen molar-refractivity contribution < 1.29 is 23.7 Å². The van der Waals surface area contributed by atoms with Gasteiger partial charge >= 0.3 is 0 Å². The van der Waals surface area contributed by atoms with Crippen LogP contribution in [-0.2, 0) is 12.8 Å². The van der Waals surface area contributed by atoms with Gasteiger partial charge in [0.25, 0.3) is 0 Å². The van der Waals surface area contributed by atoms with E-state index in [1.54, 1.807) is 33.5 Å². The van der Waals surface area contributed by atoms with Gasteiger partial charge < -0.3 is 23.7 Å². The van der Waals surface area contributed by atoms with Crippen LogP contribution >= 0.6 is 0 Å². The summed E-state index contributed by atoms with van der Waals surface area (Å²) in [5.74, 6) is 1.33. The number of ether oxygens (including phenoxy) is 3. The first-order chi connectivity index (χ1) is 17.5. The number of unbranched alkanes of at least 4 members (excludes halogenated alkanes) is 4. The smallest absolute Gasteiger partial charge is 0.204 e. The molecule has 36 heavy (non-hydrogen) atoms. The summed E-state index contributed by atoms with van der Waals surface area (Å²) in [5, 5.41) is 11.8. The lowest BCUT2D eigenvalue weighted by atomic mass is 9.99. The number of hydrogen-bond donors (Lipinski definition) is 1. The normalized spacial score (nSPS) is 11.8. The van der Waals surface area contributed by atoms with Crippen molar-refractivity contribution in [2.24, 2.45) is 0 Å². The van der Waals surface area contributed by atoms with Crippen LogP contribution < -0.4 is 19.6 Å². The molecule has 3 aromatic rings. The van der Waals surface area contributed by atoms with E-state index in [0.717, 1.165) is 38.5 Å². The molecule has 1 heterocycles. The van der Waals surface area contributed by atoms with Gasteiger partial charge in [-0.2, -0.15) is 0 Å². The molecule has 6 nitrogen and oxygen atoms in total. The molecular formula is C30H38O6. The van der Waals surface area contributed by atoms with E-state index in [1.165, 1.54) is 0 Å². The number of phenols is 1. The van der Waals surface area contributed by atoms with Crippen molar-refractivity contribution in [3.05, 3.63) is 57.8 Å². The second-order valence-electron chi connectivity index (χ2n) is 8.81. The van der Waals surface area contributed by atoms with E-state index in [-0.39, 0.29) is 22.1 Å². The maximum absolute atomic E-state index is 13.9. The molecule has 3 rings (SSSR count). The summed E-state index contributed by atoms with van der Waals surface area (Å²) in [6, 6.07) is 3.33. The van der Waals surface area contributed by atoms with Crippen molar-refractivity contribution in [2.75, 3.05) is 21.3 Å². The Morgan fingerprint density at radius 2 is 1.33 bits per heavy atom. The second kappa shape index (κ2) is 13.1. The average molecular weight is 495 g/mol. The number of aromatic hydroxyl groups is 1. The fraction of sp³-hybridized carbons (Fsp3) is 0.433. The molecule has 0 aliphatic carbocycles. The maximum atomic E-state index is 13.9. The zero-order valence-corrected chi connectivity index (χ0v) is 22.1. The molecule has 0 saturated heterocycles. The lowest BCUT2D eigenvalue weighted by Crippen LogP contribution is -2.09. The summed E-state index contributed by atoms with van der Waals surface area (Å²) in [7, 11) is 4.65. The SMILES string of the molecule is CCCC/C=C/Cc1c(OC)cc2oc3cc(OC)c(OC)c(C/C=C/CCCC)c3c(=O)c2c1O. The van der Waals surface area contributed by atoms with Crippen molar-refractivity contribution in [1.29, 1.82) is 0 Å². The number of benzene rings is 2. The van der Waals surface area contributed by atoms with Gasteiger partial charge in [0.15, 0.2) is 11.5 Å². The summed E-state index contributed by atoms with van der Waals surface area (Å²) in [6.45, 7) is 4.30. The third-order valence-corrected chi connectivity index (χ3v) is 6.38. The van der Waals surface area contributed by atoms with E-state index < -0.39 is 0 Å². The van der Waals surface area contributed by atoms with Gasteiger partial charge in [0.2, 0.25) is 5.43 Å². The maximum Gasteiger partial charge on any atom is 0.204 e. The zero-order valence-electron chi connectivity index (χ0n) is 22.1. The van der Waals surface area contributed by atoms with E-state index in [0.29, 0.717) is 52.2 Å². The predicted molar refractivity (Wildman–Crippen MR) is 146 cm³/mol. The van der Waals surface area contributed by atoms with E-state index in [2.05, 4.69) is 26.0 Å². The van der Waals surface area contributed by atoms with Gasteiger partial charge in [-0.25, -0.2) is 0 Å². The highest BCUT2D eigenvalue weighted by Crippen LogP contribution is 2.41. The highest BCUT2D eigenvalue weighted by molar-refractivity contribution is 5.97. The molecule has 0 aliphatic heterocycles. The Hall–Kier alpha value is -3.41. The number of methoxy groups -OCH3 is 3. The van der Waals surface area contributed by atoms with Gasteiger partial charge in [0.1, 0.15) is 28.1 Å². The Labute approximate surface area is 213 Å².